The van der Waals surface area contributed by atoms with E-state index in [-0.39, 0.29) is 45.4 Å². The van der Waals surface area contributed by atoms with Crippen molar-refractivity contribution in [1.82, 2.24) is 15.1 Å². The van der Waals surface area contributed by atoms with Crippen LogP contribution >= 0.6 is 0 Å². The third-order valence-corrected chi connectivity index (χ3v) is 7.94. The van der Waals surface area contributed by atoms with Crippen LogP contribution in [0.5, 0.6) is 11.5 Å². The molecule has 2 aromatic heterocycles. The van der Waals surface area contributed by atoms with Crippen molar-refractivity contribution in [3.05, 3.63) is 124 Å². The molecule has 12 nitrogen and oxygen atoms in total. The van der Waals surface area contributed by atoms with Gasteiger partial charge in [0.1, 0.15) is 5.58 Å². The Morgan fingerprint density at radius 2 is 1.57 bits per heavy atom. The molecule has 0 unspecified atom stereocenters. The SMILES string of the molecule is COc1cc(NC(=O)c2cc(=O)c3ccccc3o2)c(C(=O)Nc2ccc(CCNCc3ccc4c(cnn4C(C)=O)c3)cc2)cc1OC. The normalized spacial score (nSPS) is 11.0. The molecule has 4 aromatic carbocycles. The second-order valence-corrected chi connectivity index (χ2v) is 11.2. The quantitative estimate of drug-likeness (QED) is 0.150. The number of amides is 2. The summed E-state index contributed by atoms with van der Waals surface area (Å²) in [4.78, 5) is 51.0. The van der Waals surface area contributed by atoms with E-state index in [1.54, 1.807) is 42.6 Å². The second kappa shape index (κ2) is 14.2. The highest BCUT2D eigenvalue weighted by Crippen LogP contribution is 2.34. The lowest BCUT2D eigenvalue weighted by molar-refractivity contribution is 0.0925. The molecule has 0 aliphatic rings. The van der Waals surface area contributed by atoms with Gasteiger partial charge in [0.2, 0.25) is 5.91 Å². The minimum Gasteiger partial charge on any atom is -0.493 e. The van der Waals surface area contributed by atoms with Gasteiger partial charge < -0.3 is 29.8 Å². The minimum absolute atomic E-state index is 0.106. The maximum atomic E-state index is 13.5. The lowest BCUT2D eigenvalue weighted by Gasteiger charge is -2.16. The number of ether oxygens (including phenoxy) is 2. The van der Waals surface area contributed by atoms with Gasteiger partial charge in [-0.3, -0.25) is 19.2 Å². The van der Waals surface area contributed by atoms with Gasteiger partial charge in [-0.1, -0.05) is 30.3 Å². The fourth-order valence-corrected chi connectivity index (χ4v) is 5.43. The molecule has 2 amide bonds. The smallest absolute Gasteiger partial charge is 0.291 e. The Morgan fingerprint density at radius 1 is 0.837 bits per heavy atom. The molecule has 6 aromatic rings. The van der Waals surface area contributed by atoms with Crippen LogP contribution in [0.15, 0.2) is 100 Å². The summed E-state index contributed by atoms with van der Waals surface area (Å²) in [5.74, 6) is -0.981. The molecule has 0 aliphatic carbocycles. The Bertz CT molecular complexity index is 2260. The Morgan fingerprint density at radius 3 is 2.33 bits per heavy atom. The van der Waals surface area contributed by atoms with Gasteiger partial charge in [0.05, 0.1) is 42.6 Å². The van der Waals surface area contributed by atoms with Crippen molar-refractivity contribution in [2.45, 2.75) is 19.9 Å². The molecule has 2 heterocycles. The standard InChI is InChI=1S/C37H33N5O7/c1-22(43)42-30-13-10-24(16-25(30)21-39-42)20-38-15-14-23-8-11-26(12-9-23)40-36(45)28-17-33(47-2)34(48-3)18-29(28)41-37(46)35-19-31(44)27-6-4-5-7-32(27)49-35/h4-13,16-19,21,38H,14-15,20H2,1-3H3,(H,40,45)(H,41,46). The molecule has 0 saturated heterocycles. The van der Waals surface area contributed by atoms with Crippen molar-refractivity contribution in [2.75, 3.05) is 31.4 Å². The lowest BCUT2D eigenvalue weighted by atomic mass is 10.1. The van der Waals surface area contributed by atoms with E-state index in [2.05, 4.69) is 21.0 Å². The number of rotatable bonds is 11. The van der Waals surface area contributed by atoms with Crippen LogP contribution in [0, 0.1) is 0 Å². The monoisotopic (exact) mass is 659 g/mol. The molecule has 0 spiro atoms. The first-order valence-corrected chi connectivity index (χ1v) is 15.4. The molecule has 248 valence electrons. The molecule has 6 rings (SSSR count). The highest BCUT2D eigenvalue weighted by atomic mass is 16.5. The Hall–Kier alpha value is -6.27. The molecule has 0 saturated carbocycles. The number of benzene rings is 4. The highest BCUT2D eigenvalue weighted by molar-refractivity contribution is 6.12. The number of carbonyl (C=O) groups excluding carboxylic acids is 3. The van der Waals surface area contributed by atoms with Gasteiger partial charge in [0.25, 0.3) is 11.8 Å². The maximum absolute atomic E-state index is 13.5. The van der Waals surface area contributed by atoms with Crippen molar-refractivity contribution < 1.29 is 28.3 Å². The number of anilines is 2. The third kappa shape index (κ3) is 7.19. The van der Waals surface area contributed by atoms with Gasteiger partial charge in [-0.2, -0.15) is 5.10 Å². The van der Waals surface area contributed by atoms with Crippen LogP contribution < -0.4 is 30.9 Å². The summed E-state index contributed by atoms with van der Waals surface area (Å²) in [6.45, 7) is 2.87. The summed E-state index contributed by atoms with van der Waals surface area (Å²) >= 11 is 0. The number of nitrogens with one attached hydrogen (secondary N) is 3. The zero-order valence-electron chi connectivity index (χ0n) is 27.0. The molecule has 0 radical (unpaired) electrons. The average Bonchev–Trinajstić information content (AvgIpc) is 3.54. The number of para-hydroxylation sites is 1. The van der Waals surface area contributed by atoms with Gasteiger partial charge >= 0.3 is 0 Å². The largest absolute Gasteiger partial charge is 0.493 e. The number of aromatic nitrogens is 2. The van der Waals surface area contributed by atoms with Crippen LogP contribution in [0.2, 0.25) is 0 Å². The topological polar surface area (TPSA) is 154 Å². The van der Waals surface area contributed by atoms with Crippen molar-refractivity contribution in [2.24, 2.45) is 0 Å². The predicted molar refractivity (Wildman–Crippen MR) is 186 cm³/mol. The fourth-order valence-electron chi connectivity index (χ4n) is 5.43. The van der Waals surface area contributed by atoms with Gasteiger partial charge in [0, 0.05) is 36.7 Å². The number of hydrogen-bond acceptors (Lipinski definition) is 9. The lowest BCUT2D eigenvalue weighted by Crippen LogP contribution is -2.20. The molecule has 12 heteroatoms. The molecule has 0 atom stereocenters. The number of nitrogens with zero attached hydrogens (tertiary/aromatic N) is 2. The van der Waals surface area contributed by atoms with Gasteiger partial charge in [-0.25, -0.2) is 4.68 Å². The third-order valence-electron chi connectivity index (χ3n) is 7.94. The van der Waals surface area contributed by atoms with Crippen LogP contribution in [0.3, 0.4) is 0 Å². The number of methoxy groups -OCH3 is 2. The fraction of sp³-hybridized carbons (Fsp3) is 0.162. The summed E-state index contributed by atoms with van der Waals surface area (Å²) in [6, 6.07) is 24.0. The van der Waals surface area contributed by atoms with Crippen LogP contribution in [0.1, 0.15) is 43.8 Å². The number of hydrogen-bond donors (Lipinski definition) is 3. The Kier molecular flexibility index (Phi) is 9.49. The van der Waals surface area contributed by atoms with Crippen molar-refractivity contribution >= 4 is 51.0 Å². The first-order valence-electron chi connectivity index (χ1n) is 15.4. The molecule has 49 heavy (non-hydrogen) atoms. The Balaban J connectivity index is 1.10. The minimum atomic E-state index is -0.716. The van der Waals surface area contributed by atoms with E-state index in [4.69, 9.17) is 13.9 Å². The first-order chi connectivity index (χ1) is 23.7. The van der Waals surface area contributed by atoms with Gasteiger partial charge in [-0.15, -0.1) is 0 Å². The van der Waals surface area contributed by atoms with Crippen LogP contribution in [0.4, 0.5) is 11.4 Å². The summed E-state index contributed by atoms with van der Waals surface area (Å²) < 4.78 is 17.9. The van der Waals surface area contributed by atoms with Crippen molar-refractivity contribution in [1.29, 1.82) is 0 Å². The van der Waals surface area contributed by atoms with E-state index in [0.29, 0.717) is 17.6 Å². The number of carbonyl (C=O) groups is 3. The summed E-state index contributed by atoms with van der Waals surface area (Å²) in [6.07, 6.45) is 2.45. The van der Waals surface area contributed by atoms with Crippen LogP contribution in [-0.2, 0) is 13.0 Å². The Labute approximate surface area is 280 Å². The molecular formula is C37H33N5O7. The molecule has 3 N–H and O–H groups in total. The summed E-state index contributed by atoms with van der Waals surface area (Å²) in [5, 5.41) is 14.4. The van der Waals surface area contributed by atoms with Crippen LogP contribution in [0.25, 0.3) is 21.9 Å². The van der Waals surface area contributed by atoms with Crippen molar-refractivity contribution in [3.63, 3.8) is 0 Å². The van der Waals surface area contributed by atoms with Gasteiger partial charge in [0.15, 0.2) is 22.7 Å². The molecule has 0 aliphatic heterocycles. The number of fused-ring (bicyclic) bond motifs is 2. The second-order valence-electron chi connectivity index (χ2n) is 11.2. The van der Waals surface area contributed by atoms with E-state index >= 15 is 0 Å². The first kappa shape index (κ1) is 32.7. The van der Waals surface area contributed by atoms with E-state index in [9.17, 15) is 19.2 Å². The van der Waals surface area contributed by atoms with Crippen molar-refractivity contribution in [3.8, 4) is 11.5 Å². The van der Waals surface area contributed by atoms with E-state index in [1.807, 2.05) is 30.3 Å². The summed E-state index contributed by atoms with van der Waals surface area (Å²) in [7, 11) is 2.88. The predicted octanol–water partition coefficient (Wildman–Crippen LogP) is 5.66. The molecule has 0 fully saturated rings. The molecule has 0 bridgehead atoms. The zero-order chi connectivity index (χ0) is 34.5. The van der Waals surface area contributed by atoms with E-state index < -0.39 is 11.8 Å². The van der Waals surface area contributed by atoms with Crippen LogP contribution in [-0.4, -0.2) is 48.3 Å². The summed E-state index contributed by atoms with van der Waals surface area (Å²) in [5.41, 5.74) is 3.62. The average molecular weight is 660 g/mol. The highest BCUT2D eigenvalue weighted by Gasteiger charge is 2.21. The molecular weight excluding hydrogens is 626 g/mol. The van der Waals surface area contributed by atoms with E-state index in [1.165, 1.54) is 38.0 Å². The zero-order valence-corrected chi connectivity index (χ0v) is 27.0. The van der Waals surface area contributed by atoms with E-state index in [0.717, 1.165) is 41.1 Å². The maximum Gasteiger partial charge on any atom is 0.291 e. The van der Waals surface area contributed by atoms with Gasteiger partial charge in [-0.05, 0) is 66.6 Å².